The van der Waals surface area contributed by atoms with Gasteiger partial charge in [-0.25, -0.2) is 8.78 Å². The molecular formula is C39H44ClF2N7O2. The number of anilines is 1. The number of carbonyl (C=O) groups excluding carboxylic acids is 1. The number of ether oxygens (including phenoxy) is 1. The molecule has 4 aliphatic heterocycles. The molecule has 0 radical (unpaired) electrons. The number of nitrogens with zero attached hydrogens (tertiary/aromatic N) is 7. The molecule has 2 aromatic heterocycles. The van der Waals surface area contributed by atoms with E-state index in [2.05, 4.69) is 33.6 Å². The number of hydrogen-bond acceptors (Lipinski definition) is 8. The highest BCUT2D eigenvalue weighted by atomic mass is 35.5. The number of halogens is 3. The average Bonchev–Trinajstić information content (AvgIpc) is 3.81. The van der Waals surface area contributed by atoms with E-state index in [9.17, 15) is 9.18 Å². The largest absolute Gasteiger partial charge is 0.461 e. The molecule has 0 spiro atoms. The lowest BCUT2D eigenvalue weighted by Gasteiger charge is -2.42. The first-order valence-electron chi connectivity index (χ1n) is 18.1. The summed E-state index contributed by atoms with van der Waals surface area (Å²) in [5.41, 5.74) is 0.348. The highest BCUT2D eigenvalue weighted by Gasteiger charge is 2.49. The Balaban J connectivity index is 1.12. The van der Waals surface area contributed by atoms with Crippen LogP contribution in [0.4, 0.5) is 14.6 Å². The lowest BCUT2D eigenvalue weighted by Crippen LogP contribution is -2.50. The van der Waals surface area contributed by atoms with Crippen molar-refractivity contribution >= 4 is 45.0 Å². The first kappa shape index (κ1) is 34.2. The van der Waals surface area contributed by atoms with E-state index < -0.39 is 17.5 Å². The van der Waals surface area contributed by atoms with Gasteiger partial charge in [0.15, 0.2) is 5.82 Å². The summed E-state index contributed by atoms with van der Waals surface area (Å²) in [7, 11) is 1.91. The van der Waals surface area contributed by atoms with Crippen LogP contribution in [-0.4, -0.2) is 112 Å². The Labute approximate surface area is 302 Å². The molecule has 0 unspecified atom stereocenters. The number of likely N-dealkylation sites (N-methyl/N-ethyl adjacent to an activating group) is 1. The monoisotopic (exact) mass is 715 g/mol. The molecule has 12 heteroatoms. The summed E-state index contributed by atoms with van der Waals surface area (Å²) < 4.78 is 37.7. The fourth-order valence-electron chi connectivity index (χ4n) is 8.69. The van der Waals surface area contributed by atoms with Gasteiger partial charge in [-0.05, 0) is 57.5 Å². The maximum atomic E-state index is 16.9. The fourth-order valence-corrected chi connectivity index (χ4v) is 8.97. The van der Waals surface area contributed by atoms with Gasteiger partial charge in [-0.15, -0.1) is 0 Å². The molecular weight excluding hydrogens is 672 g/mol. The molecule has 4 atom stereocenters. The summed E-state index contributed by atoms with van der Waals surface area (Å²) in [6.45, 7) is 7.95. The van der Waals surface area contributed by atoms with Crippen molar-refractivity contribution in [3.05, 3.63) is 65.6 Å². The topological polar surface area (TPSA) is 77.9 Å². The molecule has 4 aromatic rings. The number of pyridine rings is 1. The second-order valence-corrected chi connectivity index (χ2v) is 15.3. The van der Waals surface area contributed by atoms with Gasteiger partial charge in [-0.1, -0.05) is 48.0 Å². The number of carbonyl (C=O) groups is 1. The van der Waals surface area contributed by atoms with Crippen molar-refractivity contribution in [3.63, 3.8) is 0 Å². The number of aromatic nitrogens is 3. The van der Waals surface area contributed by atoms with Crippen molar-refractivity contribution in [3.8, 4) is 17.3 Å². The van der Waals surface area contributed by atoms with E-state index in [4.69, 9.17) is 21.3 Å². The molecule has 4 fully saturated rings. The molecule has 4 saturated heterocycles. The van der Waals surface area contributed by atoms with Gasteiger partial charge < -0.3 is 14.5 Å². The van der Waals surface area contributed by atoms with Crippen molar-refractivity contribution in [2.45, 2.75) is 75.8 Å². The Hall–Kier alpha value is -3.93. The standard InChI is InChI=1S/C39H44ClF2N7O2/c1-24(2)49-18-14-27(49)11-12-32(50)47-17-13-28(22-47)46(3)37-30-20-43-35(29-9-4-7-25-8-5-10-31(40)33(25)29)34(42)36(30)44-38(45-37)51-23-39-15-6-16-48(39)21-26(41)19-39/h4-5,7-12,20,24,26-28H,6,13-19,21-23H2,1-3H3/b12-11+/t26-,27+,28-,39+/m1/s1. The predicted molar refractivity (Wildman–Crippen MR) is 197 cm³/mol. The number of hydrogen-bond donors (Lipinski definition) is 0. The van der Waals surface area contributed by atoms with E-state index in [0.717, 1.165) is 44.2 Å². The molecule has 0 aliphatic carbocycles. The van der Waals surface area contributed by atoms with Gasteiger partial charge in [-0.3, -0.25) is 19.6 Å². The van der Waals surface area contributed by atoms with Crippen LogP contribution in [0.3, 0.4) is 0 Å². The summed E-state index contributed by atoms with van der Waals surface area (Å²) in [5.74, 6) is -0.143. The summed E-state index contributed by atoms with van der Waals surface area (Å²) >= 11 is 6.64. The third-order valence-electron chi connectivity index (χ3n) is 11.6. The van der Waals surface area contributed by atoms with Crippen LogP contribution >= 0.6 is 11.6 Å². The molecule has 1 amide bonds. The lowest BCUT2D eigenvalue weighted by atomic mass is 9.95. The highest BCUT2D eigenvalue weighted by Crippen LogP contribution is 2.41. The second kappa shape index (κ2) is 13.6. The van der Waals surface area contributed by atoms with E-state index >= 15 is 4.39 Å². The average molecular weight is 716 g/mol. The Kier molecular flexibility index (Phi) is 9.09. The van der Waals surface area contributed by atoms with Gasteiger partial charge >= 0.3 is 6.01 Å². The third-order valence-corrected chi connectivity index (χ3v) is 11.9. The van der Waals surface area contributed by atoms with E-state index in [1.165, 1.54) is 0 Å². The van der Waals surface area contributed by atoms with E-state index in [1.54, 1.807) is 18.3 Å². The molecule has 2 aromatic carbocycles. The summed E-state index contributed by atoms with van der Waals surface area (Å²) in [5, 5.41) is 2.51. The quantitative estimate of drug-likeness (QED) is 0.178. The maximum absolute atomic E-state index is 16.9. The van der Waals surface area contributed by atoms with Crippen LogP contribution in [0.15, 0.2) is 54.7 Å². The Morgan fingerprint density at radius 2 is 1.96 bits per heavy atom. The second-order valence-electron chi connectivity index (χ2n) is 14.9. The number of rotatable bonds is 9. The Bertz CT molecular complexity index is 2010. The normalized spacial score (nSPS) is 25.4. The van der Waals surface area contributed by atoms with Crippen molar-refractivity contribution in [1.29, 1.82) is 0 Å². The number of alkyl halides is 1. The summed E-state index contributed by atoms with van der Waals surface area (Å²) in [6.07, 6.45) is 8.43. The first-order valence-corrected chi connectivity index (χ1v) is 18.5. The van der Waals surface area contributed by atoms with Crippen LogP contribution in [0, 0.1) is 5.82 Å². The van der Waals surface area contributed by atoms with E-state index in [0.29, 0.717) is 65.3 Å². The molecule has 6 heterocycles. The number of fused-ring (bicyclic) bond motifs is 3. The number of amides is 1. The minimum Gasteiger partial charge on any atom is -0.461 e. The molecule has 0 bridgehead atoms. The van der Waals surface area contributed by atoms with Crippen LogP contribution in [0.25, 0.3) is 32.9 Å². The Morgan fingerprint density at radius 1 is 1.14 bits per heavy atom. The molecule has 0 N–H and O–H groups in total. The van der Waals surface area contributed by atoms with E-state index in [1.807, 2.05) is 53.3 Å². The van der Waals surface area contributed by atoms with Gasteiger partial charge in [0, 0.05) is 86.0 Å². The van der Waals surface area contributed by atoms with Crippen LogP contribution in [0.1, 0.15) is 46.0 Å². The zero-order valence-electron chi connectivity index (χ0n) is 29.4. The van der Waals surface area contributed by atoms with Crippen LogP contribution in [0.2, 0.25) is 5.02 Å². The van der Waals surface area contributed by atoms with Crippen molar-refractivity contribution in [2.24, 2.45) is 0 Å². The predicted octanol–water partition coefficient (Wildman–Crippen LogP) is 6.67. The van der Waals surface area contributed by atoms with Gasteiger partial charge in [0.25, 0.3) is 0 Å². The molecule has 268 valence electrons. The number of benzene rings is 2. The SMILES string of the molecule is CC(C)N1CC[C@@H]1/C=C/C(=O)N1CC[C@@H](N(C)c2nc(OC[C@@]34CCCN3C[C@H](F)C4)nc3c(F)c(-c4cccc5cccc(Cl)c45)ncc23)C1. The first-order chi connectivity index (χ1) is 24.6. The van der Waals surface area contributed by atoms with Gasteiger partial charge in [0.05, 0.1) is 10.9 Å². The maximum Gasteiger partial charge on any atom is 0.319 e. The van der Waals surface area contributed by atoms with Gasteiger partial charge in [0.2, 0.25) is 5.91 Å². The van der Waals surface area contributed by atoms with Crippen LogP contribution in [0.5, 0.6) is 6.01 Å². The lowest BCUT2D eigenvalue weighted by molar-refractivity contribution is -0.125. The van der Waals surface area contributed by atoms with Crippen LogP contribution in [-0.2, 0) is 4.79 Å². The van der Waals surface area contributed by atoms with Crippen molar-refractivity contribution in [2.75, 3.05) is 51.3 Å². The fraction of sp³-hybridized carbons (Fsp3) is 0.487. The zero-order valence-corrected chi connectivity index (χ0v) is 30.1. The molecule has 9 nitrogen and oxygen atoms in total. The summed E-state index contributed by atoms with van der Waals surface area (Å²) in [4.78, 5) is 35.8. The summed E-state index contributed by atoms with van der Waals surface area (Å²) in [6, 6.07) is 11.9. The van der Waals surface area contributed by atoms with Crippen LogP contribution < -0.4 is 9.64 Å². The zero-order chi connectivity index (χ0) is 35.4. The number of likely N-dealkylation sites (tertiary alicyclic amines) is 2. The smallest absolute Gasteiger partial charge is 0.319 e. The van der Waals surface area contributed by atoms with Crippen molar-refractivity contribution < 1.29 is 18.3 Å². The third kappa shape index (κ3) is 6.21. The molecule has 4 aliphatic rings. The highest BCUT2D eigenvalue weighted by molar-refractivity contribution is 6.36. The minimum absolute atomic E-state index is 0.00715. The van der Waals surface area contributed by atoms with Gasteiger partial charge in [-0.2, -0.15) is 9.97 Å². The molecule has 0 saturated carbocycles. The molecule has 8 rings (SSSR count). The van der Waals surface area contributed by atoms with Gasteiger partial charge in [0.1, 0.15) is 29.8 Å². The Morgan fingerprint density at radius 3 is 2.75 bits per heavy atom. The molecule has 51 heavy (non-hydrogen) atoms. The van der Waals surface area contributed by atoms with E-state index in [-0.39, 0.29) is 35.8 Å². The minimum atomic E-state index is -0.905. The van der Waals surface area contributed by atoms with Crippen molar-refractivity contribution in [1.82, 2.24) is 29.7 Å².